The molecule has 0 radical (unpaired) electrons. The van der Waals surface area contributed by atoms with Crippen molar-refractivity contribution in [2.45, 2.75) is 6.92 Å². The van der Waals surface area contributed by atoms with E-state index in [0.29, 0.717) is 0 Å². The van der Waals surface area contributed by atoms with Gasteiger partial charge in [0, 0.05) is 28.6 Å². The van der Waals surface area contributed by atoms with E-state index in [4.69, 9.17) is 9.97 Å². The molecule has 0 bridgehead atoms. The number of hydrogen-bond acceptors (Lipinski definition) is 3. The van der Waals surface area contributed by atoms with Crippen LogP contribution >= 0.6 is 0 Å². The van der Waals surface area contributed by atoms with Crippen molar-refractivity contribution >= 4 is 10.8 Å². The van der Waals surface area contributed by atoms with Gasteiger partial charge in [-0.2, -0.15) is 0 Å². The maximum absolute atomic E-state index is 4.90. The number of rotatable bonds is 4. The van der Waals surface area contributed by atoms with Crippen molar-refractivity contribution < 1.29 is 0 Å². The molecular formula is C32H23N3. The van der Waals surface area contributed by atoms with Crippen molar-refractivity contribution in [1.29, 1.82) is 0 Å². The van der Waals surface area contributed by atoms with E-state index < -0.39 is 0 Å². The zero-order valence-electron chi connectivity index (χ0n) is 19.4. The summed E-state index contributed by atoms with van der Waals surface area (Å²) in [5, 5.41) is 2.51. The topological polar surface area (TPSA) is 38.7 Å². The van der Waals surface area contributed by atoms with Crippen LogP contribution in [-0.4, -0.2) is 15.0 Å². The zero-order chi connectivity index (χ0) is 23.6. The highest BCUT2D eigenvalue weighted by Gasteiger charge is 2.09. The molecular weight excluding hydrogens is 426 g/mol. The number of benzene rings is 4. The average molecular weight is 450 g/mol. The molecule has 0 aliphatic rings. The largest absolute Gasteiger partial charge is 0.256 e. The van der Waals surface area contributed by atoms with Gasteiger partial charge in [0.25, 0.3) is 0 Å². The van der Waals surface area contributed by atoms with Crippen LogP contribution < -0.4 is 0 Å². The van der Waals surface area contributed by atoms with E-state index in [0.717, 1.165) is 39.6 Å². The smallest absolute Gasteiger partial charge is 0.160 e. The molecule has 4 aromatic carbocycles. The molecule has 3 nitrogen and oxygen atoms in total. The molecule has 0 saturated carbocycles. The molecule has 0 amide bonds. The van der Waals surface area contributed by atoms with E-state index in [1.54, 1.807) is 0 Å². The van der Waals surface area contributed by atoms with Crippen LogP contribution in [0.15, 0.2) is 121 Å². The van der Waals surface area contributed by atoms with Gasteiger partial charge in [-0.15, -0.1) is 0 Å². The Labute approximate surface area is 204 Å². The Morgan fingerprint density at radius 2 is 1.17 bits per heavy atom. The molecule has 6 aromatic rings. The normalized spacial score (nSPS) is 11.0. The summed E-state index contributed by atoms with van der Waals surface area (Å²) < 4.78 is 0. The Morgan fingerprint density at radius 1 is 0.514 bits per heavy atom. The summed E-state index contributed by atoms with van der Waals surface area (Å²) in [4.78, 5) is 14.0. The Hall–Kier alpha value is -4.63. The molecule has 166 valence electrons. The Bertz CT molecular complexity index is 1620. The minimum absolute atomic E-state index is 0.728. The summed E-state index contributed by atoms with van der Waals surface area (Å²) >= 11 is 0. The number of aryl methyl sites for hydroxylation is 1. The molecule has 0 aliphatic carbocycles. The second kappa shape index (κ2) is 8.96. The van der Waals surface area contributed by atoms with Crippen LogP contribution in [0.3, 0.4) is 0 Å². The van der Waals surface area contributed by atoms with E-state index in [-0.39, 0.29) is 0 Å². The van der Waals surface area contributed by atoms with Crippen molar-refractivity contribution in [2.24, 2.45) is 0 Å². The van der Waals surface area contributed by atoms with Gasteiger partial charge in [-0.3, -0.25) is 4.98 Å². The van der Waals surface area contributed by atoms with Gasteiger partial charge in [0.15, 0.2) is 5.82 Å². The van der Waals surface area contributed by atoms with Gasteiger partial charge in [0.1, 0.15) is 0 Å². The quantitative estimate of drug-likeness (QED) is 0.274. The van der Waals surface area contributed by atoms with Crippen LogP contribution in [0, 0.1) is 6.92 Å². The number of hydrogen-bond donors (Lipinski definition) is 0. The molecule has 0 aliphatic heterocycles. The van der Waals surface area contributed by atoms with Crippen molar-refractivity contribution in [3.05, 3.63) is 127 Å². The number of nitrogens with zero attached hydrogens (tertiary/aromatic N) is 3. The monoisotopic (exact) mass is 449 g/mol. The summed E-state index contributed by atoms with van der Waals surface area (Å²) in [6, 6.07) is 39.8. The second-order valence-electron chi connectivity index (χ2n) is 8.61. The van der Waals surface area contributed by atoms with Gasteiger partial charge in [0.05, 0.1) is 11.4 Å². The summed E-state index contributed by atoms with van der Waals surface area (Å²) in [6.45, 7) is 2.02. The first-order valence-corrected chi connectivity index (χ1v) is 11.7. The molecule has 0 spiro atoms. The number of pyridine rings is 1. The van der Waals surface area contributed by atoms with Crippen molar-refractivity contribution in [3.8, 4) is 45.0 Å². The van der Waals surface area contributed by atoms with Gasteiger partial charge >= 0.3 is 0 Å². The lowest BCUT2D eigenvalue weighted by Crippen LogP contribution is -1.95. The van der Waals surface area contributed by atoms with E-state index >= 15 is 0 Å². The molecule has 0 unspecified atom stereocenters. The van der Waals surface area contributed by atoms with Gasteiger partial charge in [-0.1, -0.05) is 97.1 Å². The maximum Gasteiger partial charge on any atom is 0.160 e. The third-order valence-corrected chi connectivity index (χ3v) is 6.24. The zero-order valence-corrected chi connectivity index (χ0v) is 19.4. The first-order valence-electron chi connectivity index (χ1n) is 11.7. The molecule has 0 fully saturated rings. The van der Waals surface area contributed by atoms with Crippen molar-refractivity contribution in [2.75, 3.05) is 0 Å². The lowest BCUT2D eigenvalue weighted by molar-refractivity contribution is 1.11. The Kier molecular flexibility index (Phi) is 5.36. The summed E-state index contributed by atoms with van der Waals surface area (Å²) in [5.41, 5.74) is 8.39. The van der Waals surface area contributed by atoms with Crippen LogP contribution in [0.5, 0.6) is 0 Å². The first kappa shape index (κ1) is 20.9. The second-order valence-corrected chi connectivity index (χ2v) is 8.61. The highest BCUT2D eigenvalue weighted by Crippen LogP contribution is 2.31. The molecule has 3 heteroatoms. The van der Waals surface area contributed by atoms with Crippen LogP contribution in [0.1, 0.15) is 5.69 Å². The minimum Gasteiger partial charge on any atom is -0.256 e. The summed E-state index contributed by atoms with van der Waals surface area (Å²) in [7, 11) is 0. The number of aromatic nitrogens is 3. The van der Waals surface area contributed by atoms with E-state index in [1.165, 1.54) is 21.9 Å². The van der Waals surface area contributed by atoms with E-state index in [2.05, 4.69) is 96.0 Å². The number of fused-ring (bicyclic) bond motifs is 1. The minimum atomic E-state index is 0.728. The molecule has 0 N–H and O–H groups in total. The molecule has 2 heterocycles. The predicted molar refractivity (Wildman–Crippen MR) is 144 cm³/mol. The highest BCUT2D eigenvalue weighted by molar-refractivity contribution is 5.96. The van der Waals surface area contributed by atoms with Crippen LogP contribution in [0.2, 0.25) is 0 Å². The van der Waals surface area contributed by atoms with Crippen molar-refractivity contribution in [3.63, 3.8) is 0 Å². The summed E-state index contributed by atoms with van der Waals surface area (Å²) in [6.07, 6.45) is 1.81. The van der Waals surface area contributed by atoms with Crippen LogP contribution in [-0.2, 0) is 0 Å². The SMILES string of the molecule is Cc1cc(-c2ccc(-c3cccc4ccccc34)cc2)nc(-c2ccc(-c3ccccn3)cc2)n1. The lowest BCUT2D eigenvalue weighted by atomic mass is 9.97. The van der Waals surface area contributed by atoms with Gasteiger partial charge in [-0.05, 0) is 47.0 Å². The first-order chi connectivity index (χ1) is 17.2. The molecule has 6 rings (SSSR count). The van der Waals surface area contributed by atoms with E-state index in [1.807, 2.05) is 37.4 Å². The van der Waals surface area contributed by atoms with Gasteiger partial charge in [-0.25, -0.2) is 9.97 Å². The van der Waals surface area contributed by atoms with Gasteiger partial charge in [0.2, 0.25) is 0 Å². The fourth-order valence-electron chi connectivity index (χ4n) is 4.47. The molecule has 0 atom stereocenters. The maximum atomic E-state index is 4.90. The van der Waals surface area contributed by atoms with E-state index in [9.17, 15) is 0 Å². The third kappa shape index (κ3) is 4.20. The summed E-state index contributed by atoms with van der Waals surface area (Å²) in [5.74, 6) is 0.728. The predicted octanol–water partition coefficient (Wildman–Crippen LogP) is 8.00. The average Bonchev–Trinajstić information content (AvgIpc) is 2.93. The fourth-order valence-corrected chi connectivity index (χ4v) is 4.47. The third-order valence-electron chi connectivity index (χ3n) is 6.24. The molecule has 0 saturated heterocycles. The Balaban J connectivity index is 1.33. The standard InChI is InChI=1S/C32H23N3/c1-22-21-31(35-32(34-22)27-18-16-25(17-19-27)30-11-4-5-20-33-30)26-14-12-24(13-15-26)29-10-6-8-23-7-2-3-9-28(23)29/h2-21H,1H3. The Morgan fingerprint density at radius 3 is 1.94 bits per heavy atom. The fraction of sp³-hybridized carbons (Fsp3) is 0.0312. The van der Waals surface area contributed by atoms with Crippen molar-refractivity contribution in [1.82, 2.24) is 15.0 Å². The highest BCUT2D eigenvalue weighted by atomic mass is 14.9. The van der Waals surface area contributed by atoms with Crippen LogP contribution in [0.4, 0.5) is 0 Å². The lowest BCUT2D eigenvalue weighted by Gasteiger charge is -2.10. The molecule has 35 heavy (non-hydrogen) atoms. The van der Waals surface area contributed by atoms with Gasteiger partial charge < -0.3 is 0 Å². The molecule has 2 aromatic heterocycles. The van der Waals surface area contributed by atoms with Crippen LogP contribution in [0.25, 0.3) is 55.8 Å².